The van der Waals surface area contributed by atoms with E-state index in [9.17, 15) is 0 Å². The number of fused-ring (bicyclic) bond motifs is 1. The molecule has 0 atom stereocenters. The van der Waals surface area contributed by atoms with E-state index in [0.717, 1.165) is 83.7 Å². The number of pyridine rings is 4. The van der Waals surface area contributed by atoms with E-state index in [0.29, 0.717) is 17.5 Å². The molecular weight excluding hydrogens is 711 g/mol. The fourth-order valence-electron chi connectivity index (χ4n) is 7.31. The summed E-state index contributed by atoms with van der Waals surface area (Å²) in [6, 6.07) is 61.5. The third-order valence-electron chi connectivity index (χ3n) is 10.1. The van der Waals surface area contributed by atoms with Crippen LogP contribution >= 0.6 is 0 Å². The average Bonchev–Trinajstić information content (AvgIpc) is 3.32. The van der Waals surface area contributed by atoms with Crippen molar-refractivity contribution in [2.45, 2.75) is 0 Å². The normalized spacial score (nSPS) is 11.1. The van der Waals surface area contributed by atoms with E-state index in [1.54, 1.807) is 12.4 Å². The molecule has 272 valence electrons. The standard InChI is InChI=1S/C51H33N7/c1-3-15-34(16-4-1)49-56-50(35-17-5-2-6-18-35)58-51(57-49)39-30-36(29-38(31-39)44-21-9-12-26-52-44)40-24-25-41(43-20-8-7-19-42(40)43)37-32-47(45-22-10-13-27-53-45)55-48(33-37)46-23-11-14-28-54-46/h1-33H. The van der Waals surface area contributed by atoms with Crippen LogP contribution in [0, 0.1) is 0 Å². The van der Waals surface area contributed by atoms with Crippen LogP contribution in [0.3, 0.4) is 0 Å². The molecule has 0 amide bonds. The first-order valence-corrected chi connectivity index (χ1v) is 19.0. The molecule has 0 fully saturated rings. The maximum atomic E-state index is 5.09. The Bertz CT molecular complexity index is 2920. The molecule has 0 aliphatic carbocycles. The first-order valence-electron chi connectivity index (χ1n) is 19.0. The lowest BCUT2D eigenvalue weighted by Crippen LogP contribution is -2.00. The molecule has 0 bridgehead atoms. The van der Waals surface area contributed by atoms with Crippen LogP contribution in [0.25, 0.3) is 101 Å². The highest BCUT2D eigenvalue weighted by atomic mass is 15.0. The predicted molar refractivity (Wildman–Crippen MR) is 232 cm³/mol. The lowest BCUT2D eigenvalue weighted by molar-refractivity contribution is 1.07. The van der Waals surface area contributed by atoms with Crippen molar-refractivity contribution in [1.82, 2.24) is 34.9 Å². The van der Waals surface area contributed by atoms with Crippen molar-refractivity contribution >= 4 is 10.8 Å². The van der Waals surface area contributed by atoms with Gasteiger partial charge in [-0.1, -0.05) is 115 Å². The van der Waals surface area contributed by atoms with Crippen LogP contribution in [-0.2, 0) is 0 Å². The molecule has 10 aromatic rings. The van der Waals surface area contributed by atoms with Gasteiger partial charge in [-0.25, -0.2) is 19.9 Å². The maximum Gasteiger partial charge on any atom is 0.164 e. The minimum absolute atomic E-state index is 0.577. The summed E-state index contributed by atoms with van der Waals surface area (Å²) in [5.74, 6) is 1.79. The van der Waals surface area contributed by atoms with Gasteiger partial charge in [-0.3, -0.25) is 15.0 Å². The summed E-state index contributed by atoms with van der Waals surface area (Å²) < 4.78 is 0. The van der Waals surface area contributed by atoms with Gasteiger partial charge in [0.15, 0.2) is 17.5 Å². The van der Waals surface area contributed by atoms with Crippen molar-refractivity contribution in [3.63, 3.8) is 0 Å². The molecule has 10 rings (SSSR count). The molecule has 0 spiro atoms. The third-order valence-corrected chi connectivity index (χ3v) is 10.1. The van der Waals surface area contributed by atoms with Gasteiger partial charge in [-0.05, 0) is 99.8 Å². The fraction of sp³-hybridized carbons (Fsp3) is 0. The van der Waals surface area contributed by atoms with Gasteiger partial charge in [0.05, 0.1) is 28.5 Å². The van der Waals surface area contributed by atoms with Crippen molar-refractivity contribution in [2.75, 3.05) is 0 Å². The van der Waals surface area contributed by atoms with E-state index in [-0.39, 0.29) is 0 Å². The second-order valence-corrected chi connectivity index (χ2v) is 13.8. The van der Waals surface area contributed by atoms with Crippen LogP contribution < -0.4 is 0 Å². The van der Waals surface area contributed by atoms with Gasteiger partial charge in [0.25, 0.3) is 0 Å². The summed E-state index contributed by atoms with van der Waals surface area (Å²) in [5.41, 5.74) is 11.8. The Morgan fingerprint density at radius 2 is 0.638 bits per heavy atom. The Morgan fingerprint density at radius 1 is 0.241 bits per heavy atom. The molecule has 0 aliphatic heterocycles. The second-order valence-electron chi connectivity index (χ2n) is 13.8. The van der Waals surface area contributed by atoms with Crippen LogP contribution in [0.4, 0.5) is 0 Å². The van der Waals surface area contributed by atoms with Gasteiger partial charge in [0, 0.05) is 40.8 Å². The van der Waals surface area contributed by atoms with Crippen molar-refractivity contribution < 1.29 is 0 Å². The number of hydrogen-bond acceptors (Lipinski definition) is 7. The summed E-state index contributed by atoms with van der Waals surface area (Å²) in [6.07, 6.45) is 5.41. The molecule has 58 heavy (non-hydrogen) atoms. The Kier molecular flexibility index (Phi) is 9.06. The van der Waals surface area contributed by atoms with E-state index in [1.165, 1.54) is 0 Å². The maximum absolute atomic E-state index is 5.09. The average molecular weight is 744 g/mol. The van der Waals surface area contributed by atoms with Crippen molar-refractivity contribution in [3.8, 4) is 90.5 Å². The van der Waals surface area contributed by atoms with Crippen molar-refractivity contribution in [3.05, 3.63) is 201 Å². The minimum atomic E-state index is 0.577. The lowest BCUT2D eigenvalue weighted by atomic mass is 9.90. The monoisotopic (exact) mass is 743 g/mol. The summed E-state index contributed by atoms with van der Waals surface area (Å²) in [6.45, 7) is 0. The molecule has 0 aliphatic rings. The summed E-state index contributed by atoms with van der Waals surface area (Å²) in [5, 5.41) is 2.21. The van der Waals surface area contributed by atoms with Crippen LogP contribution in [-0.4, -0.2) is 34.9 Å². The molecule has 0 N–H and O–H groups in total. The van der Waals surface area contributed by atoms with E-state index >= 15 is 0 Å². The van der Waals surface area contributed by atoms with E-state index < -0.39 is 0 Å². The summed E-state index contributed by atoms with van der Waals surface area (Å²) in [7, 11) is 0. The number of aromatic nitrogens is 7. The third kappa shape index (κ3) is 6.89. The highest BCUT2D eigenvalue weighted by Crippen LogP contribution is 2.40. The van der Waals surface area contributed by atoms with Crippen molar-refractivity contribution in [1.29, 1.82) is 0 Å². The number of benzene rings is 5. The van der Waals surface area contributed by atoms with Crippen molar-refractivity contribution in [2.24, 2.45) is 0 Å². The van der Waals surface area contributed by atoms with Crippen LogP contribution in [0.1, 0.15) is 0 Å². The summed E-state index contributed by atoms with van der Waals surface area (Å²) in [4.78, 5) is 34.2. The van der Waals surface area contributed by atoms with Gasteiger partial charge in [0.1, 0.15) is 0 Å². The van der Waals surface area contributed by atoms with Crippen LogP contribution in [0.15, 0.2) is 201 Å². The molecule has 0 saturated carbocycles. The van der Waals surface area contributed by atoms with Crippen LogP contribution in [0.5, 0.6) is 0 Å². The van der Waals surface area contributed by atoms with Gasteiger partial charge >= 0.3 is 0 Å². The number of hydrogen-bond donors (Lipinski definition) is 0. The quantitative estimate of drug-likeness (QED) is 0.153. The summed E-state index contributed by atoms with van der Waals surface area (Å²) >= 11 is 0. The highest BCUT2D eigenvalue weighted by molar-refractivity contribution is 6.06. The first kappa shape index (κ1) is 34.5. The largest absolute Gasteiger partial charge is 0.256 e. The minimum Gasteiger partial charge on any atom is -0.256 e. The van der Waals surface area contributed by atoms with Crippen LogP contribution in [0.2, 0.25) is 0 Å². The first-order chi connectivity index (χ1) is 28.7. The Hall–Kier alpha value is -8.03. The zero-order valence-electron chi connectivity index (χ0n) is 31.2. The Morgan fingerprint density at radius 3 is 1.12 bits per heavy atom. The molecule has 7 nitrogen and oxygen atoms in total. The van der Waals surface area contributed by atoms with Gasteiger partial charge in [0.2, 0.25) is 0 Å². The van der Waals surface area contributed by atoms with Gasteiger partial charge < -0.3 is 0 Å². The molecule has 0 radical (unpaired) electrons. The highest BCUT2D eigenvalue weighted by Gasteiger charge is 2.18. The zero-order chi connectivity index (χ0) is 38.7. The predicted octanol–water partition coefficient (Wildman–Crippen LogP) is 11.9. The molecule has 0 saturated heterocycles. The topological polar surface area (TPSA) is 90.2 Å². The molecular formula is C51H33N7. The molecule has 5 aromatic carbocycles. The molecule has 0 unspecified atom stereocenters. The zero-order valence-corrected chi connectivity index (χ0v) is 31.2. The Labute approximate surface area is 335 Å². The Balaban J connectivity index is 1.17. The molecule has 5 aromatic heterocycles. The lowest BCUT2D eigenvalue weighted by Gasteiger charge is -2.16. The van der Waals surface area contributed by atoms with Gasteiger partial charge in [-0.2, -0.15) is 0 Å². The smallest absolute Gasteiger partial charge is 0.164 e. The SMILES string of the molecule is c1ccc(-c2nc(-c3ccccc3)nc(-c3cc(-c4ccccn4)cc(-c4ccc(-c5cc(-c6ccccn6)nc(-c6ccccn6)c5)c5ccccc45)c3)n2)cc1. The van der Waals surface area contributed by atoms with Gasteiger partial charge in [-0.15, -0.1) is 0 Å². The number of rotatable bonds is 8. The molecule has 7 heteroatoms. The molecule has 5 heterocycles. The second kappa shape index (κ2) is 15.2. The fourth-order valence-corrected chi connectivity index (χ4v) is 7.31. The van der Waals surface area contributed by atoms with E-state index in [1.807, 2.05) is 121 Å². The van der Waals surface area contributed by atoms with E-state index in [4.69, 9.17) is 24.9 Å². The van der Waals surface area contributed by atoms with E-state index in [2.05, 4.69) is 76.7 Å². The number of nitrogens with zero attached hydrogens (tertiary/aromatic N) is 7.